The van der Waals surface area contributed by atoms with Gasteiger partial charge in [0.1, 0.15) is 5.52 Å². The van der Waals surface area contributed by atoms with Crippen molar-refractivity contribution in [2.45, 2.75) is 0 Å². The molecule has 0 atom stereocenters. The number of nitrogens with one attached hydrogen (secondary N) is 1. The Balaban J connectivity index is 0.000000280. The lowest BCUT2D eigenvalue weighted by Crippen LogP contribution is -2.10. The number of H-pyrrole nitrogens is 1. The topological polar surface area (TPSA) is 198 Å². The summed E-state index contributed by atoms with van der Waals surface area (Å²) in [6.45, 7) is 0. The maximum absolute atomic E-state index is 10.9. The van der Waals surface area contributed by atoms with Crippen molar-refractivity contribution in [3.8, 4) is 0 Å². The minimum absolute atomic E-state index is 0.0320. The number of aromatic nitrogens is 4. The molecule has 0 aliphatic heterocycles. The first-order valence-corrected chi connectivity index (χ1v) is 5.54. The van der Waals surface area contributed by atoms with Crippen molar-refractivity contribution < 1.29 is 17.5 Å². The highest BCUT2D eigenvalue weighted by atomic mass is 32.3. The molecule has 0 saturated heterocycles. The van der Waals surface area contributed by atoms with E-state index in [4.69, 9.17) is 29.0 Å². The number of fused-ring (bicyclic) bond motifs is 1. The van der Waals surface area contributed by atoms with Crippen LogP contribution in [0, 0.1) is 0 Å². The monoisotopic (exact) mass is 276 g/mol. The maximum atomic E-state index is 10.9. The Kier molecular flexibility index (Phi) is 3.75. The summed E-state index contributed by atoms with van der Waals surface area (Å²) in [5.74, 6) is 0.150. The molecule has 0 fully saturated rings. The van der Waals surface area contributed by atoms with Gasteiger partial charge < -0.3 is 16.5 Å². The molecule has 7 N–H and O–H groups in total. The second kappa shape index (κ2) is 4.91. The van der Waals surface area contributed by atoms with Gasteiger partial charge in [-0.25, -0.2) is 4.98 Å². The third-order valence-corrected chi connectivity index (χ3v) is 1.49. The van der Waals surface area contributed by atoms with Crippen molar-refractivity contribution in [3.05, 3.63) is 16.6 Å². The van der Waals surface area contributed by atoms with E-state index in [9.17, 15) is 4.79 Å². The molecule has 12 heteroatoms. The Morgan fingerprint density at radius 2 is 1.78 bits per heavy atom. The van der Waals surface area contributed by atoms with Gasteiger partial charge in [-0.2, -0.15) is 18.4 Å². The third-order valence-electron chi connectivity index (χ3n) is 1.49. The molecule has 11 nitrogen and oxygen atoms in total. The average molecular weight is 276 g/mol. The molecule has 2 rings (SSSR count). The second-order valence-electron chi connectivity index (χ2n) is 2.86. The quantitative estimate of drug-likeness (QED) is 0.343. The first kappa shape index (κ1) is 13.8. The van der Waals surface area contributed by atoms with Crippen molar-refractivity contribution >= 4 is 33.3 Å². The van der Waals surface area contributed by atoms with Crippen LogP contribution in [-0.4, -0.2) is 37.5 Å². The normalized spacial score (nSPS) is 10.8. The van der Waals surface area contributed by atoms with Crippen LogP contribution >= 0.6 is 0 Å². The molecule has 0 spiro atoms. The van der Waals surface area contributed by atoms with Crippen LogP contribution in [0.25, 0.3) is 11.2 Å². The van der Waals surface area contributed by atoms with Crippen LogP contribution in [0.2, 0.25) is 0 Å². The number of nitrogens with zero attached hydrogens (tertiary/aromatic N) is 3. The Bertz CT molecular complexity index is 717. The Morgan fingerprint density at radius 3 is 2.33 bits per heavy atom. The van der Waals surface area contributed by atoms with Gasteiger partial charge >= 0.3 is 10.4 Å². The summed E-state index contributed by atoms with van der Waals surface area (Å²) in [6.07, 6.45) is 1.11. The van der Waals surface area contributed by atoms with E-state index < -0.39 is 10.4 Å². The number of anilines is 2. The SMILES string of the molecule is Nc1nc(N)c2[nH]c(=O)cnc2n1.O=S(=O)(O)O. The minimum Gasteiger partial charge on any atom is -0.382 e. The van der Waals surface area contributed by atoms with Gasteiger partial charge in [0, 0.05) is 0 Å². The second-order valence-corrected chi connectivity index (χ2v) is 3.76. The van der Waals surface area contributed by atoms with E-state index in [0.717, 1.165) is 6.20 Å². The van der Waals surface area contributed by atoms with Crippen molar-refractivity contribution in [1.29, 1.82) is 0 Å². The minimum atomic E-state index is -4.67. The summed E-state index contributed by atoms with van der Waals surface area (Å²) < 4.78 is 31.6. The summed E-state index contributed by atoms with van der Waals surface area (Å²) in [5.41, 5.74) is 11.0. The molecule has 2 heterocycles. The van der Waals surface area contributed by atoms with Gasteiger partial charge in [0.05, 0.1) is 6.20 Å². The maximum Gasteiger partial charge on any atom is 0.394 e. The summed E-state index contributed by atoms with van der Waals surface area (Å²) in [5, 5.41) is 0. The van der Waals surface area contributed by atoms with Gasteiger partial charge in [-0.15, -0.1) is 0 Å². The van der Waals surface area contributed by atoms with Gasteiger partial charge in [-0.1, -0.05) is 0 Å². The molecular weight excluding hydrogens is 268 g/mol. The van der Waals surface area contributed by atoms with Crippen molar-refractivity contribution in [2.24, 2.45) is 0 Å². The molecule has 2 aromatic heterocycles. The largest absolute Gasteiger partial charge is 0.394 e. The fraction of sp³-hybridized carbons (Fsp3) is 0. The zero-order chi connectivity index (χ0) is 13.9. The van der Waals surface area contributed by atoms with Crippen LogP contribution in [0.15, 0.2) is 11.0 Å². The Hall–Kier alpha value is -2.31. The van der Waals surface area contributed by atoms with E-state index in [2.05, 4.69) is 19.9 Å². The van der Waals surface area contributed by atoms with Crippen LogP contribution in [0.5, 0.6) is 0 Å². The molecule has 18 heavy (non-hydrogen) atoms. The lowest BCUT2D eigenvalue weighted by atomic mass is 10.5. The van der Waals surface area contributed by atoms with Crippen LogP contribution < -0.4 is 17.0 Å². The van der Waals surface area contributed by atoms with E-state index >= 15 is 0 Å². The molecule has 0 aliphatic rings. The number of hydrogen-bond donors (Lipinski definition) is 5. The lowest BCUT2D eigenvalue weighted by Gasteiger charge is -1.99. The third kappa shape index (κ3) is 4.28. The molecule has 0 radical (unpaired) electrons. The fourth-order valence-corrected chi connectivity index (χ4v) is 0.972. The summed E-state index contributed by atoms with van der Waals surface area (Å²) in [6, 6.07) is 0. The fourth-order valence-electron chi connectivity index (χ4n) is 0.972. The molecule has 0 bridgehead atoms. The molecule has 0 unspecified atom stereocenters. The zero-order valence-corrected chi connectivity index (χ0v) is 9.42. The highest BCUT2D eigenvalue weighted by Crippen LogP contribution is 2.10. The number of aromatic amines is 1. The highest BCUT2D eigenvalue weighted by molar-refractivity contribution is 7.79. The van der Waals surface area contributed by atoms with Crippen molar-refractivity contribution in [3.63, 3.8) is 0 Å². The molecule has 2 aromatic rings. The van der Waals surface area contributed by atoms with Gasteiger partial charge in [0.2, 0.25) is 5.95 Å². The first-order valence-electron chi connectivity index (χ1n) is 4.14. The Labute approximate surface area is 99.5 Å². The molecular formula is C6H8N6O5S. The molecule has 0 saturated carbocycles. The molecule has 0 aromatic carbocycles. The predicted molar refractivity (Wildman–Crippen MR) is 61.0 cm³/mol. The molecule has 0 amide bonds. The number of nitrogen functional groups attached to an aromatic ring is 2. The van der Waals surface area contributed by atoms with Gasteiger partial charge in [-0.05, 0) is 0 Å². The standard InChI is InChI=1S/C6H6N6O.H2O4S/c7-4-3-5(12-6(8)11-4)9-1-2(13)10-3;1-5(2,3)4/h1H,(H,10,13)(H4,7,8,9,11,12);(H2,1,2,3,4). The average Bonchev–Trinajstić information content (AvgIpc) is 2.16. The lowest BCUT2D eigenvalue weighted by molar-refractivity contribution is 0.381. The molecule has 0 aliphatic carbocycles. The van der Waals surface area contributed by atoms with Crippen LogP contribution in [0.4, 0.5) is 11.8 Å². The predicted octanol–water partition coefficient (Wildman–Crippen LogP) is -1.78. The summed E-state index contributed by atoms with van der Waals surface area (Å²) >= 11 is 0. The first-order chi connectivity index (χ1) is 8.16. The number of hydrogen-bond acceptors (Lipinski definition) is 8. The van der Waals surface area contributed by atoms with Gasteiger partial charge in [0.15, 0.2) is 11.5 Å². The van der Waals surface area contributed by atoms with Crippen LogP contribution in [0.3, 0.4) is 0 Å². The van der Waals surface area contributed by atoms with E-state index in [1.54, 1.807) is 0 Å². The van der Waals surface area contributed by atoms with E-state index in [1.807, 2.05) is 0 Å². The smallest absolute Gasteiger partial charge is 0.382 e. The van der Waals surface area contributed by atoms with Crippen molar-refractivity contribution in [2.75, 3.05) is 11.5 Å². The van der Waals surface area contributed by atoms with E-state index in [0.29, 0.717) is 5.52 Å². The van der Waals surface area contributed by atoms with Crippen molar-refractivity contribution in [1.82, 2.24) is 19.9 Å². The summed E-state index contributed by atoms with van der Waals surface area (Å²) in [7, 11) is -4.67. The van der Waals surface area contributed by atoms with E-state index in [1.165, 1.54) is 0 Å². The van der Waals surface area contributed by atoms with Gasteiger partial charge in [0.25, 0.3) is 5.56 Å². The number of rotatable bonds is 0. The Morgan fingerprint density at radius 1 is 1.22 bits per heavy atom. The van der Waals surface area contributed by atoms with E-state index in [-0.39, 0.29) is 23.0 Å². The zero-order valence-electron chi connectivity index (χ0n) is 8.60. The highest BCUT2D eigenvalue weighted by Gasteiger charge is 2.03. The van der Waals surface area contributed by atoms with Crippen LogP contribution in [-0.2, 0) is 10.4 Å². The van der Waals surface area contributed by atoms with Crippen LogP contribution in [0.1, 0.15) is 0 Å². The number of nitrogens with two attached hydrogens (primary N) is 2. The molecule has 98 valence electrons. The summed E-state index contributed by atoms with van der Waals surface area (Å²) in [4.78, 5) is 24.5. The van der Waals surface area contributed by atoms with Gasteiger partial charge in [-0.3, -0.25) is 13.9 Å².